The van der Waals surface area contributed by atoms with Crippen molar-refractivity contribution in [3.63, 3.8) is 0 Å². The first-order valence-corrected chi connectivity index (χ1v) is 5.13. The van der Waals surface area contributed by atoms with Gasteiger partial charge in [-0.3, -0.25) is 10.1 Å². The fraction of sp³-hybridized carbons (Fsp3) is 0.100. The van der Waals surface area contributed by atoms with E-state index in [2.05, 4.69) is 5.10 Å². The van der Waals surface area contributed by atoms with Gasteiger partial charge in [-0.05, 0) is 13.0 Å². The van der Waals surface area contributed by atoms with Gasteiger partial charge in [-0.25, -0.2) is 4.68 Å². The SMILES string of the molecule is Cc1nn(-c2ccc([N+](=O)[O-])cc2N)cc1Cl. The minimum Gasteiger partial charge on any atom is -0.397 e. The second-order valence-electron chi connectivity index (χ2n) is 3.51. The van der Waals surface area contributed by atoms with Crippen LogP contribution in [0.2, 0.25) is 5.02 Å². The van der Waals surface area contributed by atoms with Crippen LogP contribution in [0, 0.1) is 17.0 Å². The number of nitro benzene ring substituents is 1. The standard InChI is InChI=1S/C10H9ClN4O2/c1-6-8(11)5-14(13-6)10-3-2-7(15(16)17)4-9(10)12/h2-5H,12H2,1H3. The summed E-state index contributed by atoms with van der Waals surface area (Å²) in [5, 5.41) is 15.2. The maximum Gasteiger partial charge on any atom is 0.271 e. The van der Waals surface area contributed by atoms with Crippen molar-refractivity contribution in [2.24, 2.45) is 0 Å². The van der Waals surface area contributed by atoms with Crippen molar-refractivity contribution >= 4 is 23.0 Å². The number of non-ortho nitro benzene ring substituents is 1. The Morgan fingerprint density at radius 3 is 2.71 bits per heavy atom. The van der Waals surface area contributed by atoms with Crippen LogP contribution < -0.4 is 5.73 Å². The van der Waals surface area contributed by atoms with Gasteiger partial charge < -0.3 is 5.73 Å². The largest absolute Gasteiger partial charge is 0.397 e. The normalized spacial score (nSPS) is 10.5. The highest BCUT2D eigenvalue weighted by Crippen LogP contribution is 2.24. The second kappa shape index (κ2) is 4.06. The van der Waals surface area contributed by atoms with Crippen LogP contribution in [0.25, 0.3) is 5.69 Å². The van der Waals surface area contributed by atoms with E-state index >= 15 is 0 Å². The van der Waals surface area contributed by atoms with Gasteiger partial charge in [0.05, 0.1) is 27.0 Å². The van der Waals surface area contributed by atoms with E-state index in [4.69, 9.17) is 17.3 Å². The first kappa shape index (κ1) is 11.4. The molecule has 1 aromatic carbocycles. The Bertz CT molecular complexity index is 574. The molecule has 0 spiro atoms. The third-order valence-corrected chi connectivity index (χ3v) is 2.68. The molecule has 0 aliphatic heterocycles. The fourth-order valence-electron chi connectivity index (χ4n) is 1.43. The van der Waals surface area contributed by atoms with Crippen molar-refractivity contribution in [3.05, 3.63) is 45.2 Å². The molecule has 0 unspecified atom stereocenters. The number of aryl methyl sites for hydroxylation is 1. The highest BCUT2D eigenvalue weighted by Gasteiger charge is 2.11. The molecule has 0 bridgehead atoms. The molecular formula is C10H9ClN4O2. The molecule has 0 aliphatic rings. The number of nitrogens with zero attached hydrogens (tertiary/aromatic N) is 3. The Morgan fingerprint density at radius 2 is 2.24 bits per heavy atom. The van der Waals surface area contributed by atoms with Gasteiger partial charge in [-0.15, -0.1) is 0 Å². The number of nitrogens with two attached hydrogens (primary N) is 1. The number of rotatable bonds is 2. The smallest absolute Gasteiger partial charge is 0.271 e. The molecule has 2 aromatic rings. The monoisotopic (exact) mass is 252 g/mol. The van der Waals surface area contributed by atoms with Gasteiger partial charge in [0.2, 0.25) is 0 Å². The van der Waals surface area contributed by atoms with E-state index in [1.165, 1.54) is 22.9 Å². The van der Waals surface area contributed by atoms with E-state index in [0.717, 1.165) is 0 Å². The molecule has 0 amide bonds. The lowest BCUT2D eigenvalue weighted by Gasteiger charge is -2.04. The van der Waals surface area contributed by atoms with Crippen LogP contribution in [0.4, 0.5) is 11.4 Å². The minimum atomic E-state index is -0.499. The average molecular weight is 253 g/mol. The summed E-state index contributed by atoms with van der Waals surface area (Å²) in [7, 11) is 0. The van der Waals surface area contributed by atoms with E-state index in [-0.39, 0.29) is 11.4 Å². The number of nitro groups is 1. The zero-order valence-corrected chi connectivity index (χ0v) is 9.68. The van der Waals surface area contributed by atoms with E-state index < -0.39 is 4.92 Å². The van der Waals surface area contributed by atoms with E-state index in [1.807, 2.05) is 0 Å². The van der Waals surface area contributed by atoms with Crippen molar-refractivity contribution in [1.29, 1.82) is 0 Å². The van der Waals surface area contributed by atoms with Gasteiger partial charge in [0.1, 0.15) is 0 Å². The molecule has 0 radical (unpaired) electrons. The van der Waals surface area contributed by atoms with E-state index in [1.54, 1.807) is 13.1 Å². The third kappa shape index (κ3) is 2.07. The number of anilines is 1. The summed E-state index contributed by atoms with van der Waals surface area (Å²) in [5.41, 5.74) is 7.20. The summed E-state index contributed by atoms with van der Waals surface area (Å²) in [6.45, 7) is 1.76. The number of aromatic nitrogens is 2. The zero-order chi connectivity index (χ0) is 12.6. The Balaban J connectivity index is 2.50. The van der Waals surface area contributed by atoms with Crippen LogP contribution in [0.1, 0.15) is 5.69 Å². The third-order valence-electron chi connectivity index (χ3n) is 2.31. The van der Waals surface area contributed by atoms with Gasteiger partial charge in [0, 0.05) is 18.3 Å². The Morgan fingerprint density at radius 1 is 1.53 bits per heavy atom. The zero-order valence-electron chi connectivity index (χ0n) is 8.92. The summed E-state index contributed by atoms with van der Waals surface area (Å²) in [4.78, 5) is 10.1. The van der Waals surface area contributed by atoms with Gasteiger partial charge in [-0.2, -0.15) is 5.10 Å². The molecule has 1 aromatic heterocycles. The van der Waals surface area contributed by atoms with Crippen molar-refractivity contribution < 1.29 is 4.92 Å². The molecule has 1 heterocycles. The Kier molecular flexibility index (Phi) is 2.72. The quantitative estimate of drug-likeness (QED) is 0.505. The molecule has 17 heavy (non-hydrogen) atoms. The van der Waals surface area contributed by atoms with Gasteiger partial charge >= 0.3 is 0 Å². The molecule has 0 atom stereocenters. The van der Waals surface area contributed by atoms with Crippen LogP contribution in [0.3, 0.4) is 0 Å². The van der Waals surface area contributed by atoms with Crippen LogP contribution in [0.15, 0.2) is 24.4 Å². The summed E-state index contributed by atoms with van der Waals surface area (Å²) in [6, 6.07) is 4.20. The number of hydrogen-bond donors (Lipinski definition) is 1. The van der Waals surface area contributed by atoms with Gasteiger partial charge in [-0.1, -0.05) is 11.6 Å². The molecule has 0 saturated heterocycles. The molecule has 88 valence electrons. The topological polar surface area (TPSA) is 87.0 Å². The van der Waals surface area contributed by atoms with Gasteiger partial charge in [0.25, 0.3) is 5.69 Å². The first-order valence-electron chi connectivity index (χ1n) is 4.75. The number of halogens is 1. The summed E-state index contributed by atoms with van der Waals surface area (Å²) >= 11 is 5.88. The van der Waals surface area contributed by atoms with Crippen LogP contribution in [0.5, 0.6) is 0 Å². The molecule has 0 saturated carbocycles. The molecule has 6 nitrogen and oxygen atoms in total. The lowest BCUT2D eigenvalue weighted by molar-refractivity contribution is -0.384. The fourth-order valence-corrected chi connectivity index (χ4v) is 1.56. The van der Waals surface area contributed by atoms with E-state index in [9.17, 15) is 10.1 Å². The Hall–Kier alpha value is -2.08. The Labute approximate surface area is 102 Å². The highest BCUT2D eigenvalue weighted by atomic mass is 35.5. The summed E-state index contributed by atoms with van der Waals surface area (Å²) in [5.74, 6) is 0. The molecule has 2 N–H and O–H groups in total. The van der Waals surface area contributed by atoms with Crippen molar-refractivity contribution in [3.8, 4) is 5.69 Å². The predicted molar refractivity (Wildman–Crippen MR) is 64.4 cm³/mol. The van der Waals surface area contributed by atoms with Crippen molar-refractivity contribution in [1.82, 2.24) is 9.78 Å². The molecule has 0 aliphatic carbocycles. The predicted octanol–water partition coefficient (Wildman–Crippen LogP) is 2.32. The number of nitrogen functional groups attached to an aromatic ring is 1. The van der Waals surface area contributed by atoms with Gasteiger partial charge in [0.15, 0.2) is 0 Å². The second-order valence-corrected chi connectivity index (χ2v) is 3.91. The van der Waals surface area contributed by atoms with E-state index in [0.29, 0.717) is 16.4 Å². The average Bonchev–Trinajstić information content (AvgIpc) is 2.58. The van der Waals surface area contributed by atoms with Crippen LogP contribution in [-0.2, 0) is 0 Å². The summed E-state index contributed by atoms with van der Waals surface area (Å²) < 4.78 is 1.50. The van der Waals surface area contributed by atoms with Crippen molar-refractivity contribution in [2.75, 3.05) is 5.73 Å². The number of benzene rings is 1. The van der Waals surface area contributed by atoms with Crippen molar-refractivity contribution in [2.45, 2.75) is 6.92 Å². The molecule has 2 rings (SSSR count). The minimum absolute atomic E-state index is 0.0544. The molecule has 7 heteroatoms. The number of hydrogen-bond acceptors (Lipinski definition) is 4. The maximum atomic E-state index is 10.6. The molecule has 0 fully saturated rings. The van der Waals surface area contributed by atoms with Crippen LogP contribution in [-0.4, -0.2) is 14.7 Å². The lowest BCUT2D eigenvalue weighted by Crippen LogP contribution is -2.01. The summed E-state index contributed by atoms with van der Waals surface area (Å²) in [6.07, 6.45) is 1.61. The molecular weight excluding hydrogens is 244 g/mol. The lowest BCUT2D eigenvalue weighted by atomic mass is 10.2. The van der Waals surface area contributed by atoms with Crippen LogP contribution >= 0.6 is 11.6 Å². The first-order chi connectivity index (χ1) is 7.99. The maximum absolute atomic E-state index is 10.6. The highest BCUT2D eigenvalue weighted by molar-refractivity contribution is 6.31.